The number of rotatable bonds is 14. The number of hydrogen-bond donors (Lipinski definition) is 2. The minimum Gasteiger partial charge on any atom is -0.236 e. The van der Waals surface area contributed by atoms with Crippen LogP contribution in [-0.4, -0.2) is 41.4 Å². The van der Waals surface area contributed by atoms with Gasteiger partial charge in [0.05, 0.1) is 11.5 Å². The van der Waals surface area contributed by atoms with Crippen molar-refractivity contribution in [3.05, 3.63) is 131 Å². The fourth-order valence-corrected chi connectivity index (χ4v) is 5.92. The van der Waals surface area contributed by atoms with Crippen molar-refractivity contribution in [1.82, 2.24) is 9.44 Å². The number of nitrogens with one attached hydrogen (secondary N) is 2. The van der Waals surface area contributed by atoms with E-state index in [0.29, 0.717) is 12.8 Å². The molecule has 2 N–H and O–H groups in total. The molecule has 0 amide bonds. The molecule has 0 aliphatic carbocycles. The molecule has 0 spiro atoms. The van der Waals surface area contributed by atoms with Gasteiger partial charge >= 0.3 is 21.7 Å². The second-order valence-electron chi connectivity index (χ2n) is 9.85. The zero-order valence-corrected chi connectivity index (χ0v) is 29.8. The van der Waals surface area contributed by atoms with Gasteiger partial charge in [-0.1, -0.05) is 39.5 Å². The molecule has 0 aromatic heterocycles. The molecule has 0 atom stereocenters. The van der Waals surface area contributed by atoms with Crippen molar-refractivity contribution >= 4 is 20.0 Å². The largest absolute Gasteiger partial charge is 4.00 e. The van der Waals surface area contributed by atoms with Crippen LogP contribution < -0.4 is 9.44 Å². The molecule has 4 aromatic rings. The topological polar surface area (TPSA) is 92.3 Å². The number of sulfonamides is 2. The minimum absolute atomic E-state index is 0. The summed E-state index contributed by atoms with van der Waals surface area (Å²) in [5.74, 6) is -2.94. The maximum Gasteiger partial charge on any atom is 4.00 e. The molecule has 13 heteroatoms. The van der Waals surface area contributed by atoms with E-state index in [0.717, 1.165) is 25.0 Å². The van der Waals surface area contributed by atoms with Gasteiger partial charge in [-0.05, 0) is 12.8 Å². The van der Waals surface area contributed by atoms with Crippen LogP contribution in [0.5, 0.6) is 0 Å². The first-order valence-electron chi connectivity index (χ1n) is 14.9. The van der Waals surface area contributed by atoms with Crippen LogP contribution >= 0.6 is 0 Å². The summed E-state index contributed by atoms with van der Waals surface area (Å²) < 4.78 is 102. The van der Waals surface area contributed by atoms with E-state index in [1.54, 1.807) is 0 Å². The van der Waals surface area contributed by atoms with Gasteiger partial charge in [-0.3, -0.25) is 0 Å². The van der Waals surface area contributed by atoms with E-state index in [2.05, 4.69) is 9.44 Å². The van der Waals surface area contributed by atoms with Crippen LogP contribution in [0.15, 0.2) is 84.9 Å². The van der Waals surface area contributed by atoms with Gasteiger partial charge in [-0.15, -0.1) is 35.4 Å². The Morgan fingerprint density at radius 1 is 0.617 bits per heavy atom. The summed E-state index contributed by atoms with van der Waals surface area (Å²) in [5, 5.41) is 0. The summed E-state index contributed by atoms with van der Waals surface area (Å²) in [6.07, 6.45) is 3.12. The van der Waals surface area contributed by atoms with Crippen molar-refractivity contribution in [3.63, 3.8) is 0 Å². The van der Waals surface area contributed by atoms with Gasteiger partial charge in [-0.25, -0.2) is 68.1 Å². The van der Waals surface area contributed by atoms with Crippen molar-refractivity contribution in [2.45, 2.75) is 52.4 Å². The third-order valence-electron chi connectivity index (χ3n) is 5.96. The summed E-state index contributed by atoms with van der Waals surface area (Å²) in [5.41, 5.74) is 0.490. The van der Waals surface area contributed by atoms with E-state index in [9.17, 15) is 34.4 Å². The Balaban J connectivity index is 0.000000681. The molecule has 0 bridgehead atoms. The Morgan fingerprint density at radius 2 is 0.957 bits per heavy atom. The summed E-state index contributed by atoms with van der Waals surface area (Å²) in [6.45, 7) is 4.00. The normalized spacial score (nSPS) is 10.7. The predicted octanol–water partition coefficient (Wildman–Crippen LogP) is 6.86. The van der Waals surface area contributed by atoms with E-state index in [1.807, 2.05) is 86.6 Å². The first-order valence-corrected chi connectivity index (χ1v) is 18.2. The van der Waals surface area contributed by atoms with Gasteiger partial charge in [-0.2, -0.15) is 48.5 Å². The number of benzene rings is 2. The average Bonchev–Trinajstić information content (AvgIpc) is 3.78. The summed E-state index contributed by atoms with van der Waals surface area (Å²) in [7, 11) is -6.58. The van der Waals surface area contributed by atoms with Gasteiger partial charge in [0.1, 0.15) is 0 Å². The SMILES string of the molecule is CCCCS(=O)(=O)NCCc1ccc(F)[c-]c1F.CCCCS(=O)(=O)NCCc1ccc(F)[c-]c1F.[Ti+4].c1cc[cH-]c1.c1cc[cH-]c1. The van der Waals surface area contributed by atoms with Crippen molar-refractivity contribution < 1.29 is 56.1 Å². The molecule has 4 rings (SSSR count). The van der Waals surface area contributed by atoms with Gasteiger partial charge < -0.3 is 0 Å². The molecule has 0 aliphatic heterocycles. The molecule has 0 unspecified atom stereocenters. The predicted molar refractivity (Wildman–Crippen MR) is 175 cm³/mol. The molecule has 256 valence electrons. The van der Waals surface area contributed by atoms with Crippen molar-refractivity contribution in [1.29, 1.82) is 0 Å². The summed E-state index contributed by atoms with van der Waals surface area (Å²) in [4.78, 5) is 0. The van der Waals surface area contributed by atoms with Crippen LogP contribution in [0.3, 0.4) is 0 Å². The number of hydrogen-bond acceptors (Lipinski definition) is 4. The molecule has 0 aliphatic rings. The zero-order chi connectivity index (χ0) is 34.3. The van der Waals surface area contributed by atoms with Crippen LogP contribution in [0.1, 0.15) is 50.7 Å². The molecular weight excluding hydrogens is 688 g/mol. The number of unbranched alkanes of at least 4 members (excludes halogenated alkanes) is 2. The van der Waals surface area contributed by atoms with Gasteiger partial charge in [0.15, 0.2) is 0 Å². The van der Waals surface area contributed by atoms with E-state index in [1.165, 1.54) is 12.1 Å². The Morgan fingerprint density at radius 3 is 1.21 bits per heavy atom. The molecule has 0 fully saturated rings. The van der Waals surface area contributed by atoms with Crippen LogP contribution in [0.2, 0.25) is 0 Å². The molecule has 4 aromatic carbocycles. The Kier molecular flexibility index (Phi) is 24.0. The van der Waals surface area contributed by atoms with Crippen LogP contribution in [0, 0.1) is 35.4 Å². The maximum atomic E-state index is 13.2. The van der Waals surface area contributed by atoms with Crippen molar-refractivity contribution in [2.24, 2.45) is 0 Å². The third-order valence-corrected chi connectivity index (χ3v) is 8.90. The summed E-state index contributed by atoms with van der Waals surface area (Å²) >= 11 is 0. The van der Waals surface area contributed by atoms with E-state index in [-0.39, 0.29) is 70.3 Å². The zero-order valence-electron chi connectivity index (χ0n) is 26.6. The van der Waals surface area contributed by atoms with E-state index in [4.69, 9.17) is 0 Å². The number of halogens is 4. The Hall–Kier alpha value is -2.61. The standard InChI is InChI=1S/2C12H16F2NO2S.2C5H5.Ti/c2*1-2-3-8-18(16,17)15-7-6-10-4-5-11(13)9-12(10)14;2*1-2-4-5-3-1;/h2*4-5,15H,2-3,6-8H2,1H3;2*1-5H;/q4*-1;+4. The van der Waals surface area contributed by atoms with Crippen LogP contribution in [-0.2, 0) is 54.6 Å². The fourth-order valence-electron chi connectivity index (χ4n) is 3.47. The third kappa shape index (κ3) is 22.6. The van der Waals surface area contributed by atoms with E-state index < -0.39 is 43.3 Å². The Labute approximate surface area is 292 Å². The fraction of sp³-hybridized carbons (Fsp3) is 0.353. The maximum absolute atomic E-state index is 13.2. The molecule has 47 heavy (non-hydrogen) atoms. The Bertz CT molecular complexity index is 1400. The second-order valence-corrected chi connectivity index (χ2v) is 13.7. The molecular formula is C34H42F4N2O4S2Ti. The molecule has 6 nitrogen and oxygen atoms in total. The molecule has 0 heterocycles. The first kappa shape index (κ1) is 44.4. The molecule has 0 saturated carbocycles. The van der Waals surface area contributed by atoms with Gasteiger partial charge in [0.25, 0.3) is 0 Å². The molecule has 0 radical (unpaired) electrons. The van der Waals surface area contributed by atoms with Gasteiger partial charge in [0, 0.05) is 36.4 Å². The van der Waals surface area contributed by atoms with Crippen LogP contribution in [0.4, 0.5) is 17.6 Å². The van der Waals surface area contributed by atoms with Crippen molar-refractivity contribution in [3.8, 4) is 0 Å². The summed E-state index contributed by atoms with van der Waals surface area (Å²) in [6, 6.07) is 28.6. The van der Waals surface area contributed by atoms with E-state index >= 15 is 0 Å². The van der Waals surface area contributed by atoms with Crippen molar-refractivity contribution in [2.75, 3.05) is 24.6 Å². The quantitative estimate of drug-likeness (QED) is 0.0843. The monoisotopic (exact) mass is 730 g/mol. The second kappa shape index (κ2) is 25.4. The minimum atomic E-state index is -3.29. The molecule has 0 saturated heterocycles. The smallest absolute Gasteiger partial charge is 0.236 e. The van der Waals surface area contributed by atoms with Crippen LogP contribution in [0.25, 0.3) is 0 Å². The average molecular weight is 731 g/mol. The first-order chi connectivity index (χ1) is 21.9. The van der Waals surface area contributed by atoms with Gasteiger partial charge in [0.2, 0.25) is 20.0 Å².